The van der Waals surface area contributed by atoms with E-state index in [1.165, 1.54) is 0 Å². The molecule has 7 nitrogen and oxygen atoms in total. The molecule has 0 saturated carbocycles. The summed E-state index contributed by atoms with van der Waals surface area (Å²) < 4.78 is 10.1. The molecule has 0 radical (unpaired) electrons. The second-order valence-electron chi connectivity index (χ2n) is 5.61. The van der Waals surface area contributed by atoms with E-state index in [-0.39, 0.29) is 11.9 Å². The van der Waals surface area contributed by atoms with Crippen molar-refractivity contribution in [1.82, 2.24) is 10.3 Å². The number of pyridine rings is 1. The number of nitrogens with zero attached hydrogens (tertiary/aromatic N) is 1. The predicted octanol–water partition coefficient (Wildman–Crippen LogP) is 3.52. The van der Waals surface area contributed by atoms with Gasteiger partial charge in [-0.25, -0.2) is 9.78 Å². The molecule has 0 aliphatic rings. The molecule has 0 spiro atoms. The van der Waals surface area contributed by atoms with Crippen LogP contribution in [0, 0.1) is 0 Å². The van der Waals surface area contributed by atoms with Crippen molar-refractivity contribution < 1.29 is 18.7 Å². The lowest BCUT2D eigenvalue weighted by Gasteiger charge is -2.08. The van der Waals surface area contributed by atoms with Crippen molar-refractivity contribution in [3.63, 3.8) is 0 Å². The summed E-state index contributed by atoms with van der Waals surface area (Å²) in [7, 11) is 0. The molecule has 0 aliphatic heterocycles. The fourth-order valence-corrected chi connectivity index (χ4v) is 2.37. The van der Waals surface area contributed by atoms with Crippen LogP contribution < -0.4 is 10.6 Å². The number of hydrogen-bond acceptors (Lipinski definition) is 6. The number of anilines is 2. The topological polar surface area (TPSA) is 93.5 Å². The van der Waals surface area contributed by atoms with Crippen molar-refractivity contribution in [3.05, 3.63) is 77.9 Å². The number of nitrogens with one attached hydrogen (secondary N) is 2. The highest BCUT2D eigenvalue weighted by Crippen LogP contribution is 2.17. The zero-order chi connectivity index (χ0) is 19.1. The van der Waals surface area contributed by atoms with Gasteiger partial charge in [-0.15, -0.1) is 0 Å². The quantitative estimate of drug-likeness (QED) is 0.622. The summed E-state index contributed by atoms with van der Waals surface area (Å²) in [6, 6.07) is 13.7. The van der Waals surface area contributed by atoms with E-state index in [4.69, 9.17) is 9.15 Å². The summed E-state index contributed by atoms with van der Waals surface area (Å²) in [5.74, 6) is 0.605. The Bertz CT molecular complexity index is 905. The first-order valence-corrected chi connectivity index (χ1v) is 8.46. The van der Waals surface area contributed by atoms with Crippen LogP contribution >= 0.6 is 0 Å². The number of rotatable bonds is 7. The molecule has 0 aliphatic carbocycles. The van der Waals surface area contributed by atoms with E-state index in [1.54, 1.807) is 67.9 Å². The van der Waals surface area contributed by atoms with Crippen LogP contribution in [0.2, 0.25) is 0 Å². The Hall–Kier alpha value is -3.61. The highest BCUT2D eigenvalue weighted by atomic mass is 16.5. The van der Waals surface area contributed by atoms with E-state index < -0.39 is 0 Å². The minimum atomic E-state index is -0.364. The second-order valence-corrected chi connectivity index (χ2v) is 5.61. The maximum atomic E-state index is 12.3. The van der Waals surface area contributed by atoms with Crippen molar-refractivity contribution in [2.45, 2.75) is 13.5 Å². The zero-order valence-electron chi connectivity index (χ0n) is 14.8. The number of benzene rings is 1. The molecule has 0 saturated heterocycles. The SMILES string of the molecule is CCOC(=O)c1ccc(Nc2cc(C(=O)NCc3ccco3)ccn2)cc1. The minimum Gasteiger partial charge on any atom is -0.467 e. The Kier molecular flexibility index (Phi) is 5.84. The maximum absolute atomic E-state index is 12.3. The van der Waals surface area contributed by atoms with Crippen molar-refractivity contribution in [1.29, 1.82) is 0 Å². The lowest BCUT2D eigenvalue weighted by molar-refractivity contribution is 0.0526. The molecule has 2 aromatic heterocycles. The van der Waals surface area contributed by atoms with Gasteiger partial charge in [-0.1, -0.05) is 0 Å². The van der Waals surface area contributed by atoms with Crippen molar-refractivity contribution >= 4 is 23.4 Å². The third-order valence-corrected chi connectivity index (χ3v) is 3.69. The van der Waals surface area contributed by atoms with Gasteiger partial charge in [0.25, 0.3) is 5.91 Å². The Balaban J connectivity index is 1.63. The fourth-order valence-electron chi connectivity index (χ4n) is 2.37. The number of carbonyl (C=O) groups is 2. The van der Waals surface area contributed by atoms with Crippen molar-refractivity contribution in [3.8, 4) is 0 Å². The average Bonchev–Trinajstić information content (AvgIpc) is 3.21. The lowest BCUT2D eigenvalue weighted by atomic mass is 10.2. The van der Waals surface area contributed by atoms with Gasteiger partial charge in [0.2, 0.25) is 0 Å². The van der Waals surface area contributed by atoms with Gasteiger partial charge >= 0.3 is 5.97 Å². The summed E-state index contributed by atoms with van der Waals surface area (Å²) in [4.78, 5) is 28.2. The van der Waals surface area contributed by atoms with Crippen molar-refractivity contribution in [2.24, 2.45) is 0 Å². The number of hydrogen-bond donors (Lipinski definition) is 2. The number of esters is 1. The van der Waals surface area contributed by atoms with Gasteiger partial charge in [0.05, 0.1) is 25.0 Å². The Morgan fingerprint density at radius 3 is 2.63 bits per heavy atom. The minimum absolute atomic E-state index is 0.227. The zero-order valence-corrected chi connectivity index (χ0v) is 14.8. The first kappa shape index (κ1) is 18.2. The number of furan rings is 1. The monoisotopic (exact) mass is 365 g/mol. The molecule has 0 fully saturated rings. The number of carbonyl (C=O) groups excluding carboxylic acids is 2. The molecule has 0 unspecified atom stereocenters. The van der Waals surface area contributed by atoms with Gasteiger partial charge in [0.15, 0.2) is 0 Å². The third kappa shape index (κ3) is 4.94. The molecule has 1 aromatic carbocycles. The first-order chi connectivity index (χ1) is 13.2. The molecule has 0 atom stereocenters. The number of ether oxygens (including phenoxy) is 1. The van der Waals surface area contributed by atoms with Crippen LogP contribution in [0.1, 0.15) is 33.4 Å². The molecule has 3 aromatic rings. The lowest BCUT2D eigenvalue weighted by Crippen LogP contribution is -2.22. The largest absolute Gasteiger partial charge is 0.467 e. The number of aromatic nitrogens is 1. The van der Waals surface area contributed by atoms with Crippen LogP contribution in [0.15, 0.2) is 65.4 Å². The molecular formula is C20H19N3O4. The van der Waals surface area contributed by atoms with Crippen LogP contribution in [0.25, 0.3) is 0 Å². The predicted molar refractivity (Wildman–Crippen MR) is 99.8 cm³/mol. The molecule has 2 N–H and O–H groups in total. The molecule has 138 valence electrons. The van der Waals surface area contributed by atoms with Gasteiger partial charge in [-0.05, 0) is 55.5 Å². The van der Waals surface area contributed by atoms with Crippen LogP contribution in [-0.4, -0.2) is 23.5 Å². The molecular weight excluding hydrogens is 346 g/mol. The van der Waals surface area contributed by atoms with E-state index in [1.807, 2.05) is 0 Å². The normalized spacial score (nSPS) is 10.3. The van der Waals surface area contributed by atoms with Crippen molar-refractivity contribution in [2.75, 3.05) is 11.9 Å². The highest BCUT2D eigenvalue weighted by Gasteiger charge is 2.09. The van der Waals surface area contributed by atoms with E-state index in [9.17, 15) is 9.59 Å². The smallest absolute Gasteiger partial charge is 0.338 e. The standard InChI is InChI=1S/C20H19N3O4/c1-2-26-20(25)14-5-7-16(8-6-14)23-18-12-15(9-10-21-18)19(24)22-13-17-4-3-11-27-17/h3-12H,2,13H2,1H3,(H,21,23)(H,22,24). The van der Waals surface area contributed by atoms with Crippen LogP contribution in [0.3, 0.4) is 0 Å². The van der Waals surface area contributed by atoms with E-state index >= 15 is 0 Å². The summed E-state index contributed by atoms with van der Waals surface area (Å²) in [5, 5.41) is 5.89. The Morgan fingerprint density at radius 1 is 1.11 bits per heavy atom. The van der Waals surface area contributed by atoms with Gasteiger partial charge in [-0.3, -0.25) is 4.79 Å². The molecule has 3 rings (SSSR count). The fraction of sp³-hybridized carbons (Fsp3) is 0.150. The van der Waals surface area contributed by atoms with Gasteiger partial charge in [-0.2, -0.15) is 0 Å². The summed E-state index contributed by atoms with van der Waals surface area (Å²) in [5.41, 5.74) is 1.69. The van der Waals surface area contributed by atoms with Crippen LogP contribution in [0.4, 0.5) is 11.5 Å². The van der Waals surface area contributed by atoms with Crippen LogP contribution in [-0.2, 0) is 11.3 Å². The summed E-state index contributed by atoms with van der Waals surface area (Å²) in [6.07, 6.45) is 3.11. The molecule has 2 heterocycles. The van der Waals surface area contributed by atoms with Crippen LogP contribution in [0.5, 0.6) is 0 Å². The Morgan fingerprint density at radius 2 is 1.93 bits per heavy atom. The maximum Gasteiger partial charge on any atom is 0.338 e. The van der Waals surface area contributed by atoms with Gasteiger partial charge in [0, 0.05) is 17.4 Å². The van der Waals surface area contributed by atoms with E-state index in [2.05, 4.69) is 15.6 Å². The molecule has 1 amide bonds. The first-order valence-electron chi connectivity index (χ1n) is 8.46. The van der Waals surface area contributed by atoms with Gasteiger partial charge < -0.3 is 19.8 Å². The molecule has 27 heavy (non-hydrogen) atoms. The molecule has 7 heteroatoms. The number of amides is 1. The van der Waals surface area contributed by atoms with E-state index in [0.717, 1.165) is 5.69 Å². The Labute approximate surface area is 156 Å². The second kappa shape index (κ2) is 8.66. The average molecular weight is 365 g/mol. The summed E-state index contributed by atoms with van der Waals surface area (Å²) in [6.45, 7) is 2.40. The molecule has 0 bridgehead atoms. The summed E-state index contributed by atoms with van der Waals surface area (Å²) >= 11 is 0. The van der Waals surface area contributed by atoms with Gasteiger partial charge in [0.1, 0.15) is 11.6 Å². The van der Waals surface area contributed by atoms with E-state index in [0.29, 0.717) is 35.9 Å². The highest BCUT2D eigenvalue weighted by molar-refractivity contribution is 5.95. The third-order valence-electron chi connectivity index (χ3n) is 3.69.